The molecule has 0 radical (unpaired) electrons. The summed E-state index contributed by atoms with van der Waals surface area (Å²) in [4.78, 5) is 10.7. The second-order valence-corrected chi connectivity index (χ2v) is 3.60. The molecule has 1 amide bonds. The van der Waals surface area contributed by atoms with Gasteiger partial charge in [-0.15, -0.1) is 0 Å². The zero-order chi connectivity index (χ0) is 12.1. The smallest absolute Gasteiger partial charge is 0.322 e. The minimum atomic E-state index is -0.609. The van der Waals surface area contributed by atoms with Gasteiger partial charge in [-0.25, -0.2) is 0 Å². The average Bonchev–Trinajstić information content (AvgIpc) is 2.38. The maximum atomic E-state index is 10.7. The summed E-state index contributed by atoms with van der Waals surface area (Å²) in [6.07, 6.45) is 0.657. The minimum absolute atomic E-state index is 0.437. The number of rotatable bonds is 3. The monoisotopic (exact) mass is 232 g/mol. The molecule has 1 N–H and O–H groups in total. The number of carbonyl (C=O) groups excluding carboxylic acids is 1. The first-order valence-corrected chi connectivity index (χ1v) is 5.36. The molecule has 0 unspecified atom stereocenters. The van der Waals surface area contributed by atoms with Gasteiger partial charge in [0.1, 0.15) is 13.2 Å². The van der Waals surface area contributed by atoms with Crippen LogP contribution >= 0.6 is 0 Å². The molecule has 0 saturated heterocycles. The first-order chi connectivity index (χ1) is 8.29. The largest absolute Gasteiger partial charge is 0.486 e. The molecule has 0 spiro atoms. The van der Waals surface area contributed by atoms with Crippen molar-refractivity contribution in [2.45, 2.75) is 6.42 Å². The van der Waals surface area contributed by atoms with Gasteiger partial charge >= 0.3 is 5.91 Å². The summed E-state index contributed by atoms with van der Waals surface area (Å²) in [7, 11) is 0. The second kappa shape index (κ2) is 5.21. The maximum Gasteiger partial charge on any atom is 0.322 e. The third kappa shape index (κ3) is 2.88. The Morgan fingerprint density at radius 3 is 2.88 bits per heavy atom. The van der Waals surface area contributed by atoms with E-state index in [0.29, 0.717) is 26.2 Å². The first kappa shape index (κ1) is 11.3. The summed E-state index contributed by atoms with van der Waals surface area (Å²) in [5.74, 6) is 0.879. The van der Waals surface area contributed by atoms with Crippen molar-refractivity contribution in [2.75, 3.05) is 19.8 Å². The molecule has 1 aromatic carbocycles. The number of nitrogens with one attached hydrogen (secondary N) is 1. The van der Waals surface area contributed by atoms with Crippen molar-refractivity contribution in [3.63, 3.8) is 0 Å². The number of amides is 1. The van der Waals surface area contributed by atoms with Gasteiger partial charge in [-0.1, -0.05) is 6.07 Å². The van der Waals surface area contributed by atoms with Gasteiger partial charge < -0.3 is 14.8 Å². The molecular formula is C12H12N2O3. The van der Waals surface area contributed by atoms with Crippen LogP contribution in [0.25, 0.3) is 0 Å². The SMILES string of the molecule is N#CC(=O)NCCc1ccc2c(c1)OCCO2. The van der Waals surface area contributed by atoms with Crippen molar-refractivity contribution >= 4 is 5.91 Å². The number of nitriles is 1. The lowest BCUT2D eigenvalue weighted by Gasteiger charge is -2.18. The van der Waals surface area contributed by atoms with Gasteiger partial charge in [-0.3, -0.25) is 4.79 Å². The van der Waals surface area contributed by atoms with Gasteiger partial charge in [-0.2, -0.15) is 5.26 Å². The molecule has 1 heterocycles. The molecule has 5 nitrogen and oxygen atoms in total. The maximum absolute atomic E-state index is 10.7. The molecule has 0 bridgehead atoms. The number of hydrogen-bond acceptors (Lipinski definition) is 4. The lowest BCUT2D eigenvalue weighted by Crippen LogP contribution is -2.23. The van der Waals surface area contributed by atoms with E-state index >= 15 is 0 Å². The van der Waals surface area contributed by atoms with Crippen LogP contribution in [0.15, 0.2) is 18.2 Å². The summed E-state index contributed by atoms with van der Waals surface area (Å²) < 4.78 is 10.8. The van der Waals surface area contributed by atoms with Gasteiger partial charge in [0, 0.05) is 6.54 Å². The molecule has 5 heteroatoms. The van der Waals surface area contributed by atoms with Crippen LogP contribution in [0.3, 0.4) is 0 Å². The van der Waals surface area contributed by atoms with Crippen LogP contribution in [0.4, 0.5) is 0 Å². The Balaban J connectivity index is 1.93. The molecule has 17 heavy (non-hydrogen) atoms. The Hall–Kier alpha value is -2.22. The van der Waals surface area contributed by atoms with Crippen LogP contribution in [0.1, 0.15) is 5.56 Å². The highest BCUT2D eigenvalue weighted by Gasteiger charge is 2.11. The Morgan fingerprint density at radius 1 is 1.35 bits per heavy atom. The number of ether oxygens (including phenoxy) is 2. The van der Waals surface area contributed by atoms with E-state index in [2.05, 4.69) is 5.32 Å². The standard InChI is InChI=1S/C12H12N2O3/c13-8-12(15)14-4-3-9-1-2-10-11(7-9)17-6-5-16-10/h1-2,7H,3-6H2,(H,14,15). The molecule has 0 saturated carbocycles. The fourth-order valence-corrected chi connectivity index (χ4v) is 1.60. The fourth-order valence-electron chi connectivity index (χ4n) is 1.60. The van der Waals surface area contributed by atoms with E-state index in [0.717, 1.165) is 17.1 Å². The molecular weight excluding hydrogens is 220 g/mol. The molecule has 2 rings (SSSR count). The minimum Gasteiger partial charge on any atom is -0.486 e. The van der Waals surface area contributed by atoms with Crippen LogP contribution < -0.4 is 14.8 Å². The summed E-state index contributed by atoms with van der Waals surface area (Å²) >= 11 is 0. The Kier molecular flexibility index (Phi) is 3.46. The third-order valence-corrected chi connectivity index (χ3v) is 2.41. The average molecular weight is 232 g/mol. The van der Waals surface area contributed by atoms with Crippen molar-refractivity contribution in [2.24, 2.45) is 0 Å². The van der Waals surface area contributed by atoms with E-state index in [1.807, 2.05) is 18.2 Å². The van der Waals surface area contributed by atoms with Crippen molar-refractivity contribution < 1.29 is 14.3 Å². The lowest BCUT2D eigenvalue weighted by atomic mass is 10.1. The lowest BCUT2D eigenvalue weighted by molar-refractivity contribution is -0.115. The van der Waals surface area contributed by atoms with Crippen LogP contribution in [-0.2, 0) is 11.2 Å². The Morgan fingerprint density at radius 2 is 2.12 bits per heavy atom. The summed E-state index contributed by atoms with van der Waals surface area (Å²) in [5, 5.41) is 10.8. The van der Waals surface area contributed by atoms with Crippen molar-refractivity contribution in [3.05, 3.63) is 23.8 Å². The molecule has 0 aliphatic carbocycles. The molecule has 88 valence electrons. The van der Waals surface area contributed by atoms with Crippen molar-refractivity contribution in [1.82, 2.24) is 5.32 Å². The second-order valence-electron chi connectivity index (χ2n) is 3.60. The highest BCUT2D eigenvalue weighted by atomic mass is 16.6. The molecule has 0 aromatic heterocycles. The van der Waals surface area contributed by atoms with E-state index < -0.39 is 5.91 Å². The van der Waals surface area contributed by atoms with E-state index in [-0.39, 0.29) is 0 Å². The molecule has 1 aliphatic rings. The van der Waals surface area contributed by atoms with Crippen molar-refractivity contribution in [1.29, 1.82) is 5.26 Å². The van der Waals surface area contributed by atoms with E-state index in [9.17, 15) is 4.79 Å². The molecule has 0 atom stereocenters. The van der Waals surface area contributed by atoms with E-state index in [1.165, 1.54) is 6.07 Å². The number of benzene rings is 1. The normalized spacial score (nSPS) is 12.6. The zero-order valence-corrected chi connectivity index (χ0v) is 9.23. The predicted molar refractivity (Wildman–Crippen MR) is 59.8 cm³/mol. The summed E-state index contributed by atoms with van der Waals surface area (Å²) in [6.45, 7) is 1.57. The van der Waals surface area contributed by atoms with E-state index in [1.54, 1.807) is 0 Å². The van der Waals surface area contributed by atoms with Crippen molar-refractivity contribution in [3.8, 4) is 17.6 Å². The van der Waals surface area contributed by atoms with Crippen LogP contribution in [0, 0.1) is 11.3 Å². The van der Waals surface area contributed by atoms with Crippen LogP contribution in [-0.4, -0.2) is 25.7 Å². The summed E-state index contributed by atoms with van der Waals surface area (Å²) in [6, 6.07) is 7.18. The first-order valence-electron chi connectivity index (χ1n) is 5.36. The van der Waals surface area contributed by atoms with Gasteiger partial charge in [0.2, 0.25) is 0 Å². The predicted octanol–water partition coefficient (Wildman–Crippen LogP) is 0.640. The highest BCUT2D eigenvalue weighted by molar-refractivity contribution is 5.91. The zero-order valence-electron chi connectivity index (χ0n) is 9.23. The van der Waals surface area contributed by atoms with Gasteiger partial charge in [0.25, 0.3) is 0 Å². The third-order valence-electron chi connectivity index (χ3n) is 2.41. The van der Waals surface area contributed by atoms with Gasteiger partial charge in [0.05, 0.1) is 0 Å². The molecule has 1 aromatic rings. The molecule has 1 aliphatic heterocycles. The Bertz CT molecular complexity index is 465. The molecule has 0 fully saturated rings. The number of hydrogen-bond donors (Lipinski definition) is 1. The quantitative estimate of drug-likeness (QED) is 0.776. The number of nitrogens with zero attached hydrogens (tertiary/aromatic N) is 1. The van der Waals surface area contributed by atoms with Crippen LogP contribution in [0.2, 0.25) is 0 Å². The highest BCUT2D eigenvalue weighted by Crippen LogP contribution is 2.30. The Labute approximate surface area is 98.9 Å². The topological polar surface area (TPSA) is 71.4 Å². The fraction of sp³-hybridized carbons (Fsp3) is 0.333. The van der Waals surface area contributed by atoms with E-state index in [4.69, 9.17) is 14.7 Å². The van der Waals surface area contributed by atoms with Crippen LogP contribution in [0.5, 0.6) is 11.5 Å². The number of fused-ring (bicyclic) bond motifs is 1. The summed E-state index contributed by atoms with van der Waals surface area (Å²) in [5.41, 5.74) is 1.03. The number of carbonyl (C=O) groups is 1. The van der Waals surface area contributed by atoms with Gasteiger partial charge in [0.15, 0.2) is 17.6 Å². The van der Waals surface area contributed by atoms with Gasteiger partial charge in [-0.05, 0) is 24.1 Å².